The van der Waals surface area contributed by atoms with Crippen LogP contribution in [0.4, 0.5) is 0 Å². The molecule has 2 rings (SSSR count). The van der Waals surface area contributed by atoms with E-state index in [2.05, 4.69) is 11.4 Å². The molecular formula is C16H20N2O2. The lowest BCUT2D eigenvalue weighted by molar-refractivity contribution is -0.128. The van der Waals surface area contributed by atoms with Gasteiger partial charge in [-0.25, -0.2) is 0 Å². The first-order valence-corrected chi connectivity index (χ1v) is 6.97. The molecule has 1 amide bonds. The summed E-state index contributed by atoms with van der Waals surface area (Å²) in [6.07, 6.45) is 3.26. The van der Waals surface area contributed by atoms with Gasteiger partial charge in [0, 0.05) is 0 Å². The molecule has 106 valence electrons. The summed E-state index contributed by atoms with van der Waals surface area (Å²) >= 11 is 0. The highest BCUT2D eigenvalue weighted by Crippen LogP contribution is 2.38. The summed E-state index contributed by atoms with van der Waals surface area (Å²) in [5, 5.41) is 12.3. The molecule has 1 aliphatic carbocycles. The predicted octanol–water partition coefficient (Wildman–Crippen LogP) is 2.96. The minimum absolute atomic E-state index is 0.112. The topological polar surface area (TPSA) is 62.1 Å². The lowest BCUT2D eigenvalue weighted by Gasteiger charge is -2.23. The van der Waals surface area contributed by atoms with Crippen molar-refractivity contribution in [2.24, 2.45) is 5.41 Å². The number of hydrogen-bond donors (Lipinski definition) is 1. The molecular weight excluding hydrogens is 252 g/mol. The van der Waals surface area contributed by atoms with Crippen LogP contribution in [0.1, 0.15) is 44.2 Å². The van der Waals surface area contributed by atoms with E-state index in [1.807, 2.05) is 31.2 Å². The van der Waals surface area contributed by atoms with Gasteiger partial charge in [-0.05, 0) is 37.5 Å². The first-order chi connectivity index (χ1) is 9.61. The molecule has 1 unspecified atom stereocenters. The van der Waals surface area contributed by atoms with Crippen LogP contribution < -0.4 is 10.1 Å². The van der Waals surface area contributed by atoms with Crippen LogP contribution in [-0.2, 0) is 4.79 Å². The molecule has 1 aromatic carbocycles. The summed E-state index contributed by atoms with van der Waals surface area (Å²) in [6.45, 7) is 1.93. The average molecular weight is 272 g/mol. The fourth-order valence-corrected chi connectivity index (χ4v) is 2.68. The van der Waals surface area contributed by atoms with E-state index in [-0.39, 0.29) is 11.9 Å². The second-order valence-corrected chi connectivity index (χ2v) is 5.37. The van der Waals surface area contributed by atoms with E-state index in [1.165, 1.54) is 0 Å². The molecule has 0 heterocycles. The molecule has 0 aromatic heterocycles. The van der Waals surface area contributed by atoms with Crippen molar-refractivity contribution in [2.45, 2.75) is 38.6 Å². The Morgan fingerprint density at radius 3 is 2.45 bits per heavy atom. The van der Waals surface area contributed by atoms with Crippen LogP contribution in [0.25, 0.3) is 0 Å². The quantitative estimate of drug-likeness (QED) is 0.916. The Balaban J connectivity index is 2.05. The number of nitrogens with zero attached hydrogens (tertiary/aromatic N) is 1. The van der Waals surface area contributed by atoms with Crippen LogP contribution in [0.5, 0.6) is 5.75 Å². The molecule has 1 aromatic rings. The molecule has 0 bridgehead atoms. The monoisotopic (exact) mass is 272 g/mol. The molecule has 1 fully saturated rings. The predicted molar refractivity (Wildman–Crippen MR) is 76.1 cm³/mol. The van der Waals surface area contributed by atoms with Crippen LogP contribution in [0.15, 0.2) is 24.3 Å². The highest BCUT2D eigenvalue weighted by molar-refractivity contribution is 5.86. The zero-order valence-electron chi connectivity index (χ0n) is 12.0. The first kappa shape index (κ1) is 14.4. The molecule has 0 saturated heterocycles. The molecule has 4 nitrogen and oxygen atoms in total. The maximum absolute atomic E-state index is 12.3. The molecule has 0 aliphatic heterocycles. The highest BCUT2D eigenvalue weighted by Gasteiger charge is 2.41. The second kappa shape index (κ2) is 5.96. The van der Waals surface area contributed by atoms with E-state index in [0.29, 0.717) is 12.8 Å². The molecule has 1 N–H and O–H groups in total. The van der Waals surface area contributed by atoms with E-state index in [0.717, 1.165) is 24.2 Å². The van der Waals surface area contributed by atoms with Gasteiger partial charge in [-0.1, -0.05) is 25.0 Å². The van der Waals surface area contributed by atoms with E-state index < -0.39 is 5.41 Å². The molecule has 1 aliphatic rings. The molecule has 4 heteroatoms. The molecule has 0 spiro atoms. The minimum Gasteiger partial charge on any atom is -0.497 e. The van der Waals surface area contributed by atoms with Gasteiger partial charge in [-0.2, -0.15) is 5.26 Å². The summed E-state index contributed by atoms with van der Waals surface area (Å²) in [5.41, 5.74) is 0.186. The highest BCUT2D eigenvalue weighted by atomic mass is 16.5. The third-order valence-corrected chi connectivity index (χ3v) is 4.07. The minimum atomic E-state index is -0.819. The molecule has 20 heavy (non-hydrogen) atoms. The van der Waals surface area contributed by atoms with Crippen molar-refractivity contribution >= 4 is 5.91 Å². The summed E-state index contributed by atoms with van der Waals surface area (Å²) in [4.78, 5) is 12.3. The zero-order chi connectivity index (χ0) is 14.6. The van der Waals surface area contributed by atoms with Crippen LogP contribution in [0.3, 0.4) is 0 Å². The van der Waals surface area contributed by atoms with Crippen LogP contribution >= 0.6 is 0 Å². The number of rotatable bonds is 4. The van der Waals surface area contributed by atoms with Gasteiger partial charge in [0.25, 0.3) is 0 Å². The average Bonchev–Trinajstić information content (AvgIpc) is 2.97. The van der Waals surface area contributed by atoms with Gasteiger partial charge in [0.05, 0.1) is 19.2 Å². The Kier molecular flexibility index (Phi) is 4.29. The second-order valence-electron chi connectivity index (χ2n) is 5.37. The Hall–Kier alpha value is -2.02. The Bertz CT molecular complexity index is 510. The lowest BCUT2D eigenvalue weighted by atomic mass is 9.86. The van der Waals surface area contributed by atoms with Crippen molar-refractivity contribution < 1.29 is 9.53 Å². The summed E-state index contributed by atoms with van der Waals surface area (Å²) in [6, 6.07) is 9.70. The van der Waals surface area contributed by atoms with Crippen molar-refractivity contribution in [1.29, 1.82) is 5.26 Å². The Morgan fingerprint density at radius 1 is 1.35 bits per heavy atom. The number of hydrogen-bond acceptors (Lipinski definition) is 3. The third-order valence-electron chi connectivity index (χ3n) is 4.07. The molecule has 1 atom stereocenters. The normalized spacial score (nSPS) is 18.1. The van der Waals surface area contributed by atoms with Crippen LogP contribution in [0, 0.1) is 16.7 Å². The third kappa shape index (κ3) is 2.77. The van der Waals surface area contributed by atoms with Crippen LogP contribution in [-0.4, -0.2) is 13.0 Å². The van der Waals surface area contributed by atoms with E-state index >= 15 is 0 Å². The molecule has 0 radical (unpaired) electrons. The van der Waals surface area contributed by atoms with Crippen molar-refractivity contribution in [3.05, 3.63) is 29.8 Å². The maximum atomic E-state index is 12.3. The van der Waals surface area contributed by atoms with Crippen molar-refractivity contribution in [3.63, 3.8) is 0 Å². The smallest absolute Gasteiger partial charge is 0.240 e. The van der Waals surface area contributed by atoms with E-state index in [9.17, 15) is 10.1 Å². The SMILES string of the molecule is COc1ccc(C(C)NC(=O)C2(C#N)CCCC2)cc1. The number of benzene rings is 1. The largest absolute Gasteiger partial charge is 0.497 e. The summed E-state index contributed by atoms with van der Waals surface area (Å²) < 4.78 is 5.11. The van der Waals surface area contributed by atoms with Crippen molar-refractivity contribution in [2.75, 3.05) is 7.11 Å². The fourth-order valence-electron chi connectivity index (χ4n) is 2.68. The number of nitrogens with one attached hydrogen (secondary N) is 1. The van der Waals surface area contributed by atoms with Gasteiger partial charge < -0.3 is 10.1 Å². The number of carbonyl (C=O) groups is 1. The van der Waals surface area contributed by atoms with Gasteiger partial charge in [0.15, 0.2) is 0 Å². The van der Waals surface area contributed by atoms with Gasteiger partial charge >= 0.3 is 0 Å². The zero-order valence-corrected chi connectivity index (χ0v) is 12.0. The van der Waals surface area contributed by atoms with Gasteiger partial charge in [0.2, 0.25) is 5.91 Å². The number of methoxy groups -OCH3 is 1. The number of ether oxygens (including phenoxy) is 1. The maximum Gasteiger partial charge on any atom is 0.240 e. The van der Waals surface area contributed by atoms with E-state index in [4.69, 9.17) is 4.74 Å². The van der Waals surface area contributed by atoms with Crippen molar-refractivity contribution in [1.82, 2.24) is 5.32 Å². The lowest BCUT2D eigenvalue weighted by Crippen LogP contribution is -2.39. The number of carbonyl (C=O) groups excluding carboxylic acids is 1. The van der Waals surface area contributed by atoms with Gasteiger partial charge in [-0.15, -0.1) is 0 Å². The summed E-state index contributed by atoms with van der Waals surface area (Å²) in [5.74, 6) is 0.650. The standard InChI is InChI=1S/C16H20N2O2/c1-12(13-5-7-14(20-2)8-6-13)18-15(19)16(11-17)9-3-4-10-16/h5-8,12H,3-4,9-10H2,1-2H3,(H,18,19). The molecule has 1 saturated carbocycles. The van der Waals surface area contributed by atoms with Gasteiger partial charge in [-0.3, -0.25) is 4.79 Å². The first-order valence-electron chi connectivity index (χ1n) is 6.97. The van der Waals surface area contributed by atoms with Crippen LogP contribution in [0.2, 0.25) is 0 Å². The number of nitriles is 1. The van der Waals surface area contributed by atoms with Gasteiger partial charge in [0.1, 0.15) is 11.2 Å². The number of amides is 1. The Morgan fingerprint density at radius 2 is 1.95 bits per heavy atom. The van der Waals surface area contributed by atoms with Crippen molar-refractivity contribution in [3.8, 4) is 11.8 Å². The summed E-state index contributed by atoms with van der Waals surface area (Å²) in [7, 11) is 1.62. The Labute approximate surface area is 119 Å². The fraction of sp³-hybridized carbons (Fsp3) is 0.500. The van der Waals surface area contributed by atoms with E-state index in [1.54, 1.807) is 7.11 Å².